The zero-order chi connectivity index (χ0) is 22.5. The Morgan fingerprint density at radius 1 is 1.06 bits per heavy atom. The van der Waals surface area contributed by atoms with Gasteiger partial charge in [0, 0.05) is 23.7 Å². The van der Waals surface area contributed by atoms with Gasteiger partial charge < -0.3 is 14.8 Å². The van der Waals surface area contributed by atoms with Crippen molar-refractivity contribution < 1.29 is 14.3 Å². The minimum atomic E-state index is 0.0430. The number of carbonyl (C=O) groups is 1. The van der Waals surface area contributed by atoms with Crippen LogP contribution in [-0.2, 0) is 11.2 Å². The van der Waals surface area contributed by atoms with E-state index >= 15 is 0 Å². The number of rotatable bonds is 12. The SMILES string of the molecule is C/C=C(/CSCC(=O)NCCc1ccc(OC)cc1)N=C(CC)c1cccc(OC)c1. The lowest BCUT2D eigenvalue weighted by Crippen LogP contribution is -2.27. The van der Waals surface area contributed by atoms with Crippen molar-refractivity contribution in [2.24, 2.45) is 4.99 Å². The number of benzene rings is 2. The molecular weight excluding hydrogens is 408 g/mol. The topological polar surface area (TPSA) is 59.9 Å². The summed E-state index contributed by atoms with van der Waals surface area (Å²) in [6.07, 6.45) is 3.62. The van der Waals surface area contributed by atoms with Gasteiger partial charge in [0.05, 0.1) is 20.0 Å². The van der Waals surface area contributed by atoms with Gasteiger partial charge in [-0.25, -0.2) is 0 Å². The summed E-state index contributed by atoms with van der Waals surface area (Å²) in [7, 11) is 3.32. The second-order valence-electron chi connectivity index (χ2n) is 6.86. The summed E-state index contributed by atoms with van der Waals surface area (Å²) in [5, 5.41) is 2.98. The maximum Gasteiger partial charge on any atom is 0.230 e. The minimum absolute atomic E-state index is 0.0430. The van der Waals surface area contributed by atoms with Gasteiger partial charge in [0.2, 0.25) is 5.91 Å². The molecule has 0 aliphatic carbocycles. The molecule has 0 aliphatic heterocycles. The highest BCUT2D eigenvalue weighted by Crippen LogP contribution is 2.17. The van der Waals surface area contributed by atoms with Crippen molar-refractivity contribution in [1.29, 1.82) is 0 Å². The Morgan fingerprint density at radius 2 is 1.81 bits per heavy atom. The van der Waals surface area contributed by atoms with Crippen LogP contribution in [0.4, 0.5) is 0 Å². The zero-order valence-corrected chi connectivity index (χ0v) is 19.6. The Labute approximate surface area is 190 Å². The molecule has 0 radical (unpaired) electrons. The van der Waals surface area contributed by atoms with E-state index in [9.17, 15) is 4.79 Å². The first-order valence-corrected chi connectivity index (χ1v) is 11.6. The quantitative estimate of drug-likeness (QED) is 0.477. The van der Waals surface area contributed by atoms with E-state index in [0.29, 0.717) is 18.1 Å². The van der Waals surface area contributed by atoms with Crippen molar-refractivity contribution in [2.45, 2.75) is 26.7 Å². The monoisotopic (exact) mass is 440 g/mol. The van der Waals surface area contributed by atoms with Crippen LogP contribution >= 0.6 is 11.8 Å². The summed E-state index contributed by atoms with van der Waals surface area (Å²) in [5.74, 6) is 2.80. The second-order valence-corrected chi connectivity index (χ2v) is 7.85. The van der Waals surface area contributed by atoms with E-state index in [1.807, 2.05) is 61.5 Å². The van der Waals surface area contributed by atoms with Crippen molar-refractivity contribution in [3.05, 3.63) is 71.4 Å². The molecule has 0 unspecified atom stereocenters. The van der Waals surface area contributed by atoms with Gasteiger partial charge in [0.1, 0.15) is 11.5 Å². The molecule has 166 valence electrons. The van der Waals surface area contributed by atoms with Gasteiger partial charge in [0.25, 0.3) is 0 Å². The molecule has 0 aromatic heterocycles. The van der Waals surface area contributed by atoms with Crippen LogP contribution in [0.2, 0.25) is 0 Å². The van der Waals surface area contributed by atoms with E-state index in [1.165, 1.54) is 5.56 Å². The van der Waals surface area contributed by atoms with Crippen LogP contribution in [0, 0.1) is 0 Å². The molecule has 0 saturated carbocycles. The molecule has 0 saturated heterocycles. The third-order valence-electron chi connectivity index (χ3n) is 4.73. The number of hydrogen-bond donors (Lipinski definition) is 1. The summed E-state index contributed by atoms with van der Waals surface area (Å²) in [4.78, 5) is 17.0. The van der Waals surface area contributed by atoms with Gasteiger partial charge in [-0.2, -0.15) is 0 Å². The molecule has 0 atom stereocenters. The Balaban J connectivity index is 1.79. The average molecular weight is 441 g/mol. The highest BCUT2D eigenvalue weighted by Gasteiger charge is 2.07. The molecule has 2 aromatic carbocycles. The van der Waals surface area contributed by atoms with Crippen LogP contribution in [0.5, 0.6) is 11.5 Å². The van der Waals surface area contributed by atoms with Crippen molar-refractivity contribution in [1.82, 2.24) is 5.32 Å². The van der Waals surface area contributed by atoms with Crippen molar-refractivity contribution >= 4 is 23.4 Å². The molecule has 2 rings (SSSR count). The van der Waals surface area contributed by atoms with Crippen LogP contribution in [-0.4, -0.2) is 43.9 Å². The summed E-state index contributed by atoms with van der Waals surface area (Å²) in [6, 6.07) is 15.8. The van der Waals surface area contributed by atoms with Gasteiger partial charge in [-0.1, -0.05) is 37.3 Å². The highest BCUT2D eigenvalue weighted by atomic mass is 32.2. The molecule has 0 fully saturated rings. The van der Waals surface area contributed by atoms with E-state index in [4.69, 9.17) is 14.5 Å². The molecule has 0 aliphatic rings. The lowest BCUT2D eigenvalue weighted by molar-refractivity contribution is -0.118. The van der Waals surface area contributed by atoms with Gasteiger partial charge in [-0.05, 0) is 55.2 Å². The van der Waals surface area contributed by atoms with Crippen molar-refractivity contribution in [3.63, 3.8) is 0 Å². The van der Waals surface area contributed by atoms with Gasteiger partial charge >= 0.3 is 0 Å². The maximum atomic E-state index is 12.2. The fraction of sp³-hybridized carbons (Fsp3) is 0.360. The third-order valence-corrected chi connectivity index (χ3v) is 5.69. The number of thioether (sulfide) groups is 1. The standard InChI is InChI=1S/C25H32N2O3S/c1-5-21(27-24(6-2)20-8-7-9-23(16-20)30-4)17-31-18-25(28)26-15-14-19-10-12-22(29-3)13-11-19/h5,7-13,16H,6,14-15,17-18H2,1-4H3,(H,26,28)/b21-5-,27-24?. The highest BCUT2D eigenvalue weighted by molar-refractivity contribution is 8.00. The normalized spacial score (nSPS) is 11.9. The number of aliphatic imine (C=N–C) groups is 1. The molecule has 0 bridgehead atoms. The van der Waals surface area contributed by atoms with E-state index < -0.39 is 0 Å². The first-order chi connectivity index (χ1) is 15.1. The molecule has 2 aromatic rings. The number of allylic oxidation sites excluding steroid dienone is 1. The molecule has 31 heavy (non-hydrogen) atoms. The molecule has 6 heteroatoms. The maximum absolute atomic E-state index is 12.2. The van der Waals surface area contributed by atoms with Crippen molar-refractivity contribution in [2.75, 3.05) is 32.3 Å². The largest absolute Gasteiger partial charge is 0.497 e. The van der Waals surface area contributed by atoms with E-state index in [2.05, 4.69) is 12.2 Å². The fourth-order valence-electron chi connectivity index (χ4n) is 2.94. The van der Waals surface area contributed by atoms with Crippen LogP contribution in [0.1, 0.15) is 31.4 Å². The number of nitrogens with one attached hydrogen (secondary N) is 1. The number of methoxy groups -OCH3 is 2. The molecule has 1 N–H and O–H groups in total. The first kappa shape index (κ1) is 24.5. The minimum Gasteiger partial charge on any atom is -0.497 e. The first-order valence-electron chi connectivity index (χ1n) is 10.4. The Kier molecular flexibility index (Phi) is 10.7. The summed E-state index contributed by atoms with van der Waals surface area (Å²) in [5.41, 5.74) is 4.21. The zero-order valence-electron chi connectivity index (χ0n) is 18.8. The summed E-state index contributed by atoms with van der Waals surface area (Å²) >= 11 is 1.57. The lowest BCUT2D eigenvalue weighted by atomic mass is 10.1. The predicted molar refractivity (Wildman–Crippen MR) is 131 cm³/mol. The van der Waals surface area contributed by atoms with Crippen LogP contribution in [0.25, 0.3) is 0 Å². The Hall–Kier alpha value is -2.73. The van der Waals surface area contributed by atoms with Gasteiger partial charge in [-0.3, -0.25) is 9.79 Å². The number of amides is 1. The molecule has 0 spiro atoms. The lowest BCUT2D eigenvalue weighted by Gasteiger charge is -2.09. The summed E-state index contributed by atoms with van der Waals surface area (Å²) in [6.45, 7) is 4.69. The van der Waals surface area contributed by atoms with E-state index in [0.717, 1.165) is 41.3 Å². The average Bonchev–Trinajstić information content (AvgIpc) is 2.81. The Bertz CT molecular complexity index is 892. The molecular formula is C25H32N2O3S. The molecule has 0 heterocycles. The number of carbonyl (C=O) groups excluding carboxylic acids is 1. The van der Waals surface area contributed by atoms with Gasteiger partial charge in [0.15, 0.2) is 0 Å². The van der Waals surface area contributed by atoms with Crippen LogP contribution in [0.3, 0.4) is 0 Å². The number of ether oxygens (including phenoxy) is 2. The number of nitrogens with zero attached hydrogens (tertiary/aromatic N) is 1. The van der Waals surface area contributed by atoms with E-state index in [-0.39, 0.29) is 5.91 Å². The van der Waals surface area contributed by atoms with Crippen LogP contribution in [0.15, 0.2) is 65.3 Å². The fourth-order valence-corrected chi connectivity index (χ4v) is 3.77. The smallest absolute Gasteiger partial charge is 0.230 e. The van der Waals surface area contributed by atoms with Gasteiger partial charge in [-0.15, -0.1) is 11.8 Å². The number of hydrogen-bond acceptors (Lipinski definition) is 5. The summed E-state index contributed by atoms with van der Waals surface area (Å²) < 4.78 is 10.5. The van der Waals surface area contributed by atoms with E-state index in [1.54, 1.807) is 26.0 Å². The van der Waals surface area contributed by atoms with Crippen LogP contribution < -0.4 is 14.8 Å². The molecule has 1 amide bonds. The third kappa shape index (κ3) is 8.50. The predicted octanol–water partition coefficient (Wildman–Crippen LogP) is 4.90. The molecule has 5 nitrogen and oxygen atoms in total. The van der Waals surface area contributed by atoms with Crippen molar-refractivity contribution in [3.8, 4) is 11.5 Å². The second kappa shape index (κ2) is 13.5. The Morgan fingerprint density at radius 3 is 2.45 bits per heavy atom.